The summed E-state index contributed by atoms with van der Waals surface area (Å²) in [5.41, 5.74) is 1.02. The highest BCUT2D eigenvalue weighted by Gasteiger charge is 2.16. The van der Waals surface area contributed by atoms with Gasteiger partial charge in [-0.2, -0.15) is 4.99 Å². The van der Waals surface area contributed by atoms with Gasteiger partial charge in [0.15, 0.2) is 10.6 Å². The van der Waals surface area contributed by atoms with E-state index in [9.17, 15) is 18.4 Å². The molecule has 0 aliphatic carbocycles. The number of fused-ring (bicyclic) bond motifs is 1. The minimum absolute atomic E-state index is 0.0223. The maximum Gasteiger partial charge on any atom is 0.326 e. The highest BCUT2D eigenvalue weighted by Crippen LogP contribution is 2.22. The van der Waals surface area contributed by atoms with E-state index < -0.39 is 23.5 Å². The van der Waals surface area contributed by atoms with Gasteiger partial charge in [-0.05, 0) is 25.0 Å². The lowest BCUT2D eigenvalue weighted by molar-refractivity contribution is -0.143. The predicted molar refractivity (Wildman–Crippen MR) is 102 cm³/mol. The zero-order chi connectivity index (χ0) is 20.1. The molecule has 2 aromatic carbocycles. The molecule has 0 bridgehead atoms. The molecule has 3 aromatic rings. The molecule has 0 unspecified atom stereocenters. The summed E-state index contributed by atoms with van der Waals surface area (Å²) in [4.78, 5) is 28.4. The number of amides is 1. The van der Waals surface area contributed by atoms with Gasteiger partial charge in [0.2, 0.25) is 5.91 Å². The van der Waals surface area contributed by atoms with Gasteiger partial charge in [-0.15, -0.1) is 0 Å². The molecule has 0 aliphatic heterocycles. The molecule has 5 nitrogen and oxygen atoms in total. The number of rotatable bonds is 6. The zero-order valence-electron chi connectivity index (χ0n) is 15.2. The lowest BCUT2D eigenvalue weighted by Crippen LogP contribution is -2.23. The molecule has 0 aliphatic rings. The molecule has 0 spiro atoms. The smallest absolute Gasteiger partial charge is 0.326 e. The van der Waals surface area contributed by atoms with Gasteiger partial charge in [-0.3, -0.25) is 9.59 Å². The molecule has 0 atom stereocenters. The van der Waals surface area contributed by atoms with Crippen molar-refractivity contribution in [3.8, 4) is 0 Å². The second kappa shape index (κ2) is 8.88. The van der Waals surface area contributed by atoms with E-state index in [1.807, 2.05) is 30.3 Å². The Bertz CT molecular complexity index is 1070. The third kappa shape index (κ3) is 4.69. The standard InChI is InChI=1S/C20H18F2N2O3S/c1-2-27-18(26)12-24-19-15(22)10-14(21)11-16(19)28-20(24)23-17(25)9-8-13-6-4-3-5-7-13/h3-7,10-11H,2,8-9,12H2,1H3. The highest BCUT2D eigenvalue weighted by molar-refractivity contribution is 7.16. The Labute approximate surface area is 163 Å². The van der Waals surface area contributed by atoms with E-state index >= 15 is 0 Å². The van der Waals surface area contributed by atoms with Gasteiger partial charge in [0, 0.05) is 12.5 Å². The summed E-state index contributed by atoms with van der Waals surface area (Å²) in [6, 6.07) is 11.4. The van der Waals surface area contributed by atoms with Crippen molar-refractivity contribution in [1.82, 2.24) is 4.57 Å². The SMILES string of the molecule is CCOC(=O)Cn1c(=NC(=O)CCc2ccccc2)sc2cc(F)cc(F)c21. The van der Waals surface area contributed by atoms with E-state index in [-0.39, 0.29) is 34.6 Å². The molecule has 0 fully saturated rings. The van der Waals surface area contributed by atoms with Gasteiger partial charge < -0.3 is 9.30 Å². The molecule has 0 radical (unpaired) electrons. The second-order valence-corrected chi connectivity index (χ2v) is 7.01. The second-order valence-electron chi connectivity index (χ2n) is 6.00. The van der Waals surface area contributed by atoms with E-state index in [0.29, 0.717) is 6.42 Å². The van der Waals surface area contributed by atoms with Crippen LogP contribution in [-0.4, -0.2) is 23.1 Å². The first-order chi connectivity index (χ1) is 13.5. The van der Waals surface area contributed by atoms with Crippen molar-refractivity contribution in [2.24, 2.45) is 4.99 Å². The Kier molecular flexibility index (Phi) is 6.30. The molecule has 0 saturated carbocycles. The van der Waals surface area contributed by atoms with Crippen molar-refractivity contribution in [3.63, 3.8) is 0 Å². The summed E-state index contributed by atoms with van der Waals surface area (Å²) < 4.78 is 34.3. The molecule has 0 saturated heterocycles. The average molecular weight is 404 g/mol. The van der Waals surface area contributed by atoms with E-state index in [2.05, 4.69) is 4.99 Å². The Hall–Kier alpha value is -2.87. The number of benzene rings is 2. The van der Waals surface area contributed by atoms with Crippen molar-refractivity contribution in [3.05, 3.63) is 64.5 Å². The van der Waals surface area contributed by atoms with Crippen LogP contribution in [0, 0.1) is 11.6 Å². The van der Waals surface area contributed by atoms with Crippen LogP contribution < -0.4 is 4.80 Å². The lowest BCUT2D eigenvalue weighted by atomic mass is 10.1. The molecular weight excluding hydrogens is 386 g/mol. The monoisotopic (exact) mass is 404 g/mol. The Morgan fingerprint density at radius 3 is 2.64 bits per heavy atom. The summed E-state index contributed by atoms with van der Waals surface area (Å²) in [7, 11) is 0. The van der Waals surface area contributed by atoms with Crippen LogP contribution >= 0.6 is 11.3 Å². The van der Waals surface area contributed by atoms with Gasteiger partial charge in [0.1, 0.15) is 12.4 Å². The maximum absolute atomic E-state index is 14.3. The average Bonchev–Trinajstić information content (AvgIpc) is 2.98. The van der Waals surface area contributed by atoms with Crippen molar-refractivity contribution >= 4 is 33.4 Å². The maximum atomic E-state index is 14.3. The quantitative estimate of drug-likeness (QED) is 0.590. The number of thiazole rings is 1. The van der Waals surface area contributed by atoms with Gasteiger partial charge >= 0.3 is 5.97 Å². The van der Waals surface area contributed by atoms with Crippen LogP contribution in [0.25, 0.3) is 10.2 Å². The summed E-state index contributed by atoms with van der Waals surface area (Å²) >= 11 is 0.950. The first kappa shape index (κ1) is 19.9. The minimum atomic E-state index is -0.825. The minimum Gasteiger partial charge on any atom is -0.465 e. The lowest BCUT2D eigenvalue weighted by Gasteiger charge is -2.06. The molecule has 146 valence electrons. The van der Waals surface area contributed by atoms with Crippen LogP contribution in [0.2, 0.25) is 0 Å². The number of esters is 1. The molecule has 0 N–H and O–H groups in total. The Balaban J connectivity index is 1.96. The molecule has 3 rings (SSSR count). The number of hydrogen-bond acceptors (Lipinski definition) is 4. The van der Waals surface area contributed by atoms with Crippen molar-refractivity contribution in [1.29, 1.82) is 0 Å². The largest absolute Gasteiger partial charge is 0.465 e. The molecule has 8 heteroatoms. The molecule has 1 heterocycles. The number of carbonyl (C=O) groups excluding carboxylic acids is 2. The molecular formula is C20H18F2N2O3S. The molecule has 1 amide bonds. The van der Waals surface area contributed by atoms with Gasteiger partial charge in [-0.1, -0.05) is 41.7 Å². The summed E-state index contributed by atoms with van der Waals surface area (Å²) in [6.07, 6.45) is 0.670. The summed E-state index contributed by atoms with van der Waals surface area (Å²) in [5, 5.41) is 0. The Morgan fingerprint density at radius 2 is 1.93 bits per heavy atom. The molecule has 1 aromatic heterocycles. The summed E-state index contributed by atoms with van der Waals surface area (Å²) in [6.45, 7) is 1.50. The zero-order valence-corrected chi connectivity index (χ0v) is 16.0. The van der Waals surface area contributed by atoms with Gasteiger partial charge in [0.25, 0.3) is 0 Å². The van der Waals surface area contributed by atoms with E-state index in [1.54, 1.807) is 6.92 Å². The highest BCUT2D eigenvalue weighted by atomic mass is 32.1. The third-order valence-electron chi connectivity index (χ3n) is 3.98. The van der Waals surface area contributed by atoms with Crippen LogP contribution in [0.5, 0.6) is 0 Å². The fourth-order valence-corrected chi connectivity index (χ4v) is 3.84. The van der Waals surface area contributed by atoms with Crippen LogP contribution in [0.15, 0.2) is 47.5 Å². The number of hydrogen-bond donors (Lipinski definition) is 0. The van der Waals surface area contributed by atoms with E-state index in [1.165, 1.54) is 4.57 Å². The van der Waals surface area contributed by atoms with E-state index in [0.717, 1.165) is 29.0 Å². The van der Waals surface area contributed by atoms with Crippen molar-refractivity contribution in [2.75, 3.05) is 6.61 Å². The number of nitrogens with zero attached hydrogens (tertiary/aromatic N) is 2. The number of carbonyl (C=O) groups is 2. The number of aromatic nitrogens is 1. The van der Waals surface area contributed by atoms with Crippen LogP contribution in [0.1, 0.15) is 18.9 Å². The normalized spacial score (nSPS) is 11.8. The third-order valence-corrected chi connectivity index (χ3v) is 5.00. The first-order valence-corrected chi connectivity index (χ1v) is 9.55. The van der Waals surface area contributed by atoms with Crippen LogP contribution in [-0.2, 0) is 27.3 Å². The number of aryl methyl sites for hydroxylation is 1. The Morgan fingerprint density at radius 1 is 1.18 bits per heavy atom. The fraction of sp³-hybridized carbons (Fsp3) is 0.250. The number of halogens is 2. The first-order valence-electron chi connectivity index (χ1n) is 8.73. The number of ether oxygens (including phenoxy) is 1. The topological polar surface area (TPSA) is 60.7 Å². The predicted octanol–water partition coefficient (Wildman–Crippen LogP) is 3.60. The van der Waals surface area contributed by atoms with Gasteiger partial charge in [0.05, 0.1) is 16.8 Å². The van der Waals surface area contributed by atoms with Gasteiger partial charge in [-0.25, -0.2) is 8.78 Å². The van der Waals surface area contributed by atoms with Crippen LogP contribution in [0.4, 0.5) is 8.78 Å². The van der Waals surface area contributed by atoms with Crippen LogP contribution in [0.3, 0.4) is 0 Å². The molecule has 28 heavy (non-hydrogen) atoms. The van der Waals surface area contributed by atoms with Crippen molar-refractivity contribution in [2.45, 2.75) is 26.3 Å². The fourth-order valence-electron chi connectivity index (χ4n) is 2.76. The summed E-state index contributed by atoms with van der Waals surface area (Å²) in [5.74, 6) is -2.57. The van der Waals surface area contributed by atoms with E-state index in [4.69, 9.17) is 4.74 Å². The van der Waals surface area contributed by atoms with Crippen molar-refractivity contribution < 1.29 is 23.1 Å².